The molecule has 0 aliphatic carbocycles. The summed E-state index contributed by atoms with van der Waals surface area (Å²) in [6.07, 6.45) is 2.39. The minimum atomic E-state index is 0.0892. The van der Waals surface area contributed by atoms with Crippen molar-refractivity contribution in [1.82, 2.24) is 0 Å². The van der Waals surface area contributed by atoms with E-state index in [1.54, 1.807) is 0 Å². The van der Waals surface area contributed by atoms with E-state index >= 15 is 0 Å². The average Bonchev–Trinajstić information content (AvgIpc) is 2.99. The molecular formula is C21H26ClN2O+. The summed E-state index contributed by atoms with van der Waals surface area (Å²) in [6.45, 7) is 7.56. The van der Waals surface area contributed by atoms with E-state index in [4.69, 9.17) is 11.6 Å². The SMILES string of the molecule is Cc1cc(Cl)cc(C)c1NC(=O)C[N+]1(Cc2ccccc2)CCCC1. The van der Waals surface area contributed by atoms with E-state index in [9.17, 15) is 4.79 Å². The van der Waals surface area contributed by atoms with Crippen molar-refractivity contribution in [3.05, 3.63) is 64.2 Å². The maximum absolute atomic E-state index is 12.8. The Bertz CT molecular complexity index is 729. The van der Waals surface area contributed by atoms with Gasteiger partial charge in [0.25, 0.3) is 5.91 Å². The number of hydrogen-bond acceptors (Lipinski definition) is 1. The van der Waals surface area contributed by atoms with E-state index < -0.39 is 0 Å². The number of aryl methyl sites for hydroxylation is 2. The Morgan fingerprint density at radius 2 is 1.68 bits per heavy atom. The third-order valence-electron chi connectivity index (χ3n) is 5.12. The Kier molecular flexibility index (Phi) is 5.45. The van der Waals surface area contributed by atoms with Crippen LogP contribution in [0.4, 0.5) is 5.69 Å². The molecule has 2 aromatic rings. The maximum Gasteiger partial charge on any atom is 0.279 e. The van der Waals surface area contributed by atoms with Gasteiger partial charge in [-0.15, -0.1) is 0 Å². The summed E-state index contributed by atoms with van der Waals surface area (Å²) in [5.41, 5.74) is 4.21. The highest BCUT2D eigenvalue weighted by molar-refractivity contribution is 6.30. The first-order valence-electron chi connectivity index (χ1n) is 8.93. The van der Waals surface area contributed by atoms with E-state index in [1.165, 1.54) is 18.4 Å². The number of rotatable bonds is 5. The van der Waals surface area contributed by atoms with Crippen LogP contribution in [-0.2, 0) is 11.3 Å². The molecule has 1 saturated heterocycles. The highest BCUT2D eigenvalue weighted by Gasteiger charge is 2.34. The lowest BCUT2D eigenvalue weighted by atomic mass is 10.1. The molecule has 0 atom stereocenters. The van der Waals surface area contributed by atoms with Gasteiger partial charge in [-0.3, -0.25) is 4.79 Å². The molecule has 1 amide bonds. The standard InChI is InChI=1S/C21H25ClN2O/c1-16-12-19(22)13-17(2)21(16)23-20(25)15-24(10-6-7-11-24)14-18-8-4-3-5-9-18/h3-5,8-9,12-13H,6-7,10-11,14-15H2,1-2H3/p+1. The van der Waals surface area contributed by atoms with Crippen LogP contribution >= 0.6 is 11.6 Å². The first-order chi connectivity index (χ1) is 12.0. The summed E-state index contributed by atoms with van der Waals surface area (Å²) in [7, 11) is 0. The lowest BCUT2D eigenvalue weighted by molar-refractivity contribution is -0.922. The van der Waals surface area contributed by atoms with Crippen molar-refractivity contribution < 1.29 is 9.28 Å². The third-order valence-corrected chi connectivity index (χ3v) is 5.33. The van der Waals surface area contributed by atoms with Crippen LogP contribution in [0.15, 0.2) is 42.5 Å². The smallest absolute Gasteiger partial charge is 0.279 e. The molecule has 0 aromatic heterocycles. The van der Waals surface area contributed by atoms with Gasteiger partial charge < -0.3 is 9.80 Å². The van der Waals surface area contributed by atoms with Crippen LogP contribution in [0.3, 0.4) is 0 Å². The third kappa shape index (κ3) is 4.42. The Morgan fingerprint density at radius 3 is 2.28 bits per heavy atom. The molecule has 1 N–H and O–H groups in total. The number of quaternary nitrogens is 1. The molecule has 1 aliphatic heterocycles. The number of nitrogens with zero attached hydrogens (tertiary/aromatic N) is 1. The lowest BCUT2D eigenvalue weighted by Gasteiger charge is -2.33. The van der Waals surface area contributed by atoms with Gasteiger partial charge in [0.15, 0.2) is 6.54 Å². The predicted molar refractivity (Wildman–Crippen MR) is 104 cm³/mol. The summed E-state index contributed by atoms with van der Waals surface area (Å²) in [5, 5.41) is 3.84. The summed E-state index contributed by atoms with van der Waals surface area (Å²) < 4.78 is 0.849. The topological polar surface area (TPSA) is 29.1 Å². The van der Waals surface area contributed by atoms with Gasteiger partial charge in [-0.25, -0.2) is 0 Å². The number of likely N-dealkylation sites (tertiary alicyclic amines) is 1. The number of halogens is 1. The molecule has 1 fully saturated rings. The van der Waals surface area contributed by atoms with E-state index in [2.05, 4.69) is 29.6 Å². The molecule has 1 aliphatic rings. The van der Waals surface area contributed by atoms with Crippen LogP contribution in [0.1, 0.15) is 29.5 Å². The second kappa shape index (κ2) is 7.59. The number of anilines is 1. The zero-order chi connectivity index (χ0) is 17.9. The fraction of sp³-hybridized carbons (Fsp3) is 0.381. The summed E-state index contributed by atoms with van der Waals surface area (Å²) >= 11 is 6.09. The van der Waals surface area contributed by atoms with Gasteiger partial charge in [0, 0.05) is 29.1 Å². The summed E-state index contributed by atoms with van der Waals surface area (Å²) in [5.74, 6) is 0.0892. The second-order valence-corrected chi connectivity index (χ2v) is 7.70. The van der Waals surface area contributed by atoms with E-state index in [0.717, 1.165) is 40.9 Å². The molecule has 25 heavy (non-hydrogen) atoms. The van der Waals surface area contributed by atoms with Crippen molar-refractivity contribution in [3.8, 4) is 0 Å². The van der Waals surface area contributed by atoms with Crippen LogP contribution in [0.2, 0.25) is 5.02 Å². The largest absolute Gasteiger partial charge is 0.321 e. The molecule has 3 nitrogen and oxygen atoms in total. The van der Waals surface area contributed by atoms with E-state index in [-0.39, 0.29) is 5.91 Å². The minimum absolute atomic E-state index is 0.0892. The molecule has 2 aromatic carbocycles. The second-order valence-electron chi connectivity index (χ2n) is 7.26. The minimum Gasteiger partial charge on any atom is -0.321 e. The van der Waals surface area contributed by atoms with Crippen molar-refractivity contribution in [1.29, 1.82) is 0 Å². The van der Waals surface area contributed by atoms with E-state index in [0.29, 0.717) is 11.6 Å². The van der Waals surface area contributed by atoms with Gasteiger partial charge in [-0.05, 0) is 37.1 Å². The van der Waals surface area contributed by atoms with Gasteiger partial charge in [0.05, 0.1) is 13.1 Å². The number of carbonyl (C=O) groups is 1. The van der Waals surface area contributed by atoms with Crippen molar-refractivity contribution in [3.63, 3.8) is 0 Å². The van der Waals surface area contributed by atoms with Crippen LogP contribution in [0.25, 0.3) is 0 Å². The normalized spacial score (nSPS) is 16.0. The molecule has 0 spiro atoms. The number of amides is 1. The van der Waals surface area contributed by atoms with Gasteiger partial charge >= 0.3 is 0 Å². The Labute approximate surface area is 155 Å². The molecule has 0 radical (unpaired) electrons. The van der Waals surface area contributed by atoms with Crippen molar-refractivity contribution in [2.75, 3.05) is 25.0 Å². The quantitative estimate of drug-likeness (QED) is 0.771. The number of benzene rings is 2. The Balaban J connectivity index is 1.74. The molecule has 1 heterocycles. The molecule has 4 heteroatoms. The molecule has 0 unspecified atom stereocenters. The van der Waals surface area contributed by atoms with Gasteiger partial charge in [0.2, 0.25) is 0 Å². The first kappa shape index (κ1) is 18.0. The highest BCUT2D eigenvalue weighted by Crippen LogP contribution is 2.27. The number of carbonyl (C=O) groups excluding carboxylic acids is 1. The molecule has 3 rings (SSSR count). The van der Waals surface area contributed by atoms with E-state index in [1.807, 2.05) is 32.0 Å². The fourth-order valence-electron chi connectivity index (χ4n) is 3.94. The number of nitrogens with one attached hydrogen (secondary N) is 1. The number of hydrogen-bond donors (Lipinski definition) is 1. The highest BCUT2D eigenvalue weighted by atomic mass is 35.5. The van der Waals surface area contributed by atoms with Gasteiger partial charge in [-0.2, -0.15) is 0 Å². The lowest BCUT2D eigenvalue weighted by Crippen LogP contribution is -2.49. The summed E-state index contributed by atoms with van der Waals surface area (Å²) in [6, 6.07) is 14.3. The van der Waals surface area contributed by atoms with Crippen LogP contribution < -0.4 is 5.32 Å². The fourth-order valence-corrected chi connectivity index (χ4v) is 4.27. The first-order valence-corrected chi connectivity index (χ1v) is 9.31. The van der Waals surface area contributed by atoms with Gasteiger partial charge in [-0.1, -0.05) is 41.9 Å². The predicted octanol–water partition coefficient (Wildman–Crippen LogP) is 4.71. The maximum atomic E-state index is 12.8. The average molecular weight is 358 g/mol. The molecule has 0 saturated carbocycles. The van der Waals surface area contributed by atoms with Crippen LogP contribution in [-0.4, -0.2) is 30.0 Å². The zero-order valence-corrected chi connectivity index (χ0v) is 15.8. The molecule has 132 valence electrons. The van der Waals surface area contributed by atoms with Crippen LogP contribution in [0.5, 0.6) is 0 Å². The monoisotopic (exact) mass is 357 g/mol. The van der Waals surface area contributed by atoms with Crippen molar-refractivity contribution in [2.24, 2.45) is 0 Å². The molecular weight excluding hydrogens is 332 g/mol. The Morgan fingerprint density at radius 1 is 1.08 bits per heavy atom. The Hall–Kier alpha value is -1.84. The molecule has 0 bridgehead atoms. The zero-order valence-electron chi connectivity index (χ0n) is 15.0. The van der Waals surface area contributed by atoms with Crippen molar-refractivity contribution in [2.45, 2.75) is 33.2 Å². The van der Waals surface area contributed by atoms with Crippen LogP contribution in [0, 0.1) is 13.8 Å². The van der Waals surface area contributed by atoms with Gasteiger partial charge in [0.1, 0.15) is 6.54 Å². The van der Waals surface area contributed by atoms with Crippen molar-refractivity contribution >= 4 is 23.2 Å². The summed E-state index contributed by atoms with van der Waals surface area (Å²) in [4.78, 5) is 12.8.